The predicted octanol–water partition coefficient (Wildman–Crippen LogP) is 3.81. The summed E-state index contributed by atoms with van der Waals surface area (Å²) in [7, 11) is 0. The second-order valence-corrected chi connectivity index (χ2v) is 7.62. The number of hydrogen-bond acceptors (Lipinski definition) is 3. The number of carbonyl (C=O) groups excluding carboxylic acids is 1. The van der Waals surface area contributed by atoms with Crippen LogP contribution in [-0.4, -0.2) is 38.2 Å². The molecule has 2 aromatic heterocycles. The molecule has 5 heteroatoms. The summed E-state index contributed by atoms with van der Waals surface area (Å²) in [6.45, 7) is 5.26. The third-order valence-electron chi connectivity index (χ3n) is 5.68. The number of aromatic nitrogens is 3. The van der Waals surface area contributed by atoms with Gasteiger partial charge in [0.15, 0.2) is 5.65 Å². The first-order valence-electron chi connectivity index (χ1n) is 9.29. The molecule has 1 saturated carbocycles. The monoisotopic (exact) mass is 326 g/mol. The van der Waals surface area contributed by atoms with Gasteiger partial charge in [0.1, 0.15) is 0 Å². The van der Waals surface area contributed by atoms with Crippen LogP contribution in [-0.2, 0) is 0 Å². The SMILES string of the molecule is CC(C)C1CCCN1C(=O)c1cnc2c(cnn2C2CCCC2)c1. The summed E-state index contributed by atoms with van der Waals surface area (Å²) in [4.78, 5) is 19.6. The molecule has 2 aliphatic rings. The summed E-state index contributed by atoms with van der Waals surface area (Å²) >= 11 is 0. The Kier molecular flexibility index (Phi) is 4.02. The molecule has 0 aromatic carbocycles. The summed E-state index contributed by atoms with van der Waals surface area (Å²) in [5.41, 5.74) is 1.61. The number of carbonyl (C=O) groups is 1. The lowest BCUT2D eigenvalue weighted by Crippen LogP contribution is -2.38. The van der Waals surface area contributed by atoms with Crippen molar-refractivity contribution in [1.29, 1.82) is 0 Å². The minimum atomic E-state index is 0.120. The number of amides is 1. The van der Waals surface area contributed by atoms with Crippen molar-refractivity contribution in [2.75, 3.05) is 6.54 Å². The topological polar surface area (TPSA) is 51.0 Å². The summed E-state index contributed by atoms with van der Waals surface area (Å²) in [6.07, 6.45) is 10.7. The first-order chi connectivity index (χ1) is 11.6. The van der Waals surface area contributed by atoms with Crippen molar-refractivity contribution in [3.63, 3.8) is 0 Å². The standard InChI is InChI=1S/C19H26N4O/c1-13(2)17-8-5-9-22(17)19(24)15-10-14-12-21-23(18(14)20-11-15)16-6-3-4-7-16/h10-13,16-17H,3-9H2,1-2H3. The molecular weight excluding hydrogens is 300 g/mol. The molecule has 2 fully saturated rings. The van der Waals surface area contributed by atoms with Crippen LogP contribution >= 0.6 is 0 Å². The maximum Gasteiger partial charge on any atom is 0.255 e. The van der Waals surface area contributed by atoms with Crippen molar-refractivity contribution >= 4 is 16.9 Å². The van der Waals surface area contributed by atoms with Gasteiger partial charge in [0.25, 0.3) is 5.91 Å². The lowest BCUT2D eigenvalue weighted by molar-refractivity contribution is 0.0701. The molecule has 0 spiro atoms. The zero-order valence-corrected chi connectivity index (χ0v) is 14.6. The van der Waals surface area contributed by atoms with Crippen LogP contribution in [0.2, 0.25) is 0 Å². The molecule has 2 aromatic rings. The van der Waals surface area contributed by atoms with Crippen molar-refractivity contribution in [3.05, 3.63) is 24.0 Å². The second kappa shape index (κ2) is 6.19. The third kappa shape index (κ3) is 2.60. The fraction of sp³-hybridized carbons (Fsp3) is 0.632. The molecule has 5 nitrogen and oxygen atoms in total. The largest absolute Gasteiger partial charge is 0.335 e. The molecule has 4 rings (SSSR count). The Morgan fingerprint density at radius 1 is 1.17 bits per heavy atom. The third-order valence-corrected chi connectivity index (χ3v) is 5.68. The summed E-state index contributed by atoms with van der Waals surface area (Å²) in [6, 6.07) is 2.80. The van der Waals surface area contributed by atoms with E-state index < -0.39 is 0 Å². The van der Waals surface area contributed by atoms with E-state index in [0.29, 0.717) is 23.6 Å². The zero-order chi connectivity index (χ0) is 16.7. The van der Waals surface area contributed by atoms with E-state index in [1.807, 2.05) is 17.2 Å². The Morgan fingerprint density at radius 3 is 2.71 bits per heavy atom. The highest BCUT2D eigenvalue weighted by molar-refractivity contribution is 5.97. The second-order valence-electron chi connectivity index (χ2n) is 7.62. The van der Waals surface area contributed by atoms with E-state index in [2.05, 4.69) is 28.6 Å². The first-order valence-corrected chi connectivity index (χ1v) is 9.29. The predicted molar refractivity (Wildman–Crippen MR) is 93.9 cm³/mol. The molecule has 3 heterocycles. The van der Waals surface area contributed by atoms with Crippen LogP contribution in [0.1, 0.15) is 68.8 Å². The highest BCUT2D eigenvalue weighted by Crippen LogP contribution is 2.31. The molecule has 1 unspecified atom stereocenters. The molecule has 1 atom stereocenters. The Labute approximate surface area is 143 Å². The van der Waals surface area contributed by atoms with Gasteiger partial charge in [0.2, 0.25) is 0 Å². The van der Waals surface area contributed by atoms with Gasteiger partial charge in [-0.05, 0) is 37.7 Å². The van der Waals surface area contributed by atoms with Crippen LogP contribution in [0.5, 0.6) is 0 Å². The van der Waals surface area contributed by atoms with E-state index in [-0.39, 0.29) is 5.91 Å². The number of likely N-dealkylation sites (tertiary alicyclic amines) is 1. The minimum absolute atomic E-state index is 0.120. The van der Waals surface area contributed by atoms with Gasteiger partial charge in [-0.25, -0.2) is 9.67 Å². The first kappa shape index (κ1) is 15.6. The van der Waals surface area contributed by atoms with E-state index in [4.69, 9.17) is 0 Å². The number of fused-ring (bicyclic) bond motifs is 1. The number of hydrogen-bond donors (Lipinski definition) is 0. The van der Waals surface area contributed by atoms with E-state index in [1.165, 1.54) is 25.7 Å². The number of pyridine rings is 1. The van der Waals surface area contributed by atoms with Crippen molar-refractivity contribution < 1.29 is 4.79 Å². The van der Waals surface area contributed by atoms with Gasteiger partial charge >= 0.3 is 0 Å². The van der Waals surface area contributed by atoms with Crippen molar-refractivity contribution in [2.24, 2.45) is 5.92 Å². The van der Waals surface area contributed by atoms with Crippen LogP contribution in [0, 0.1) is 5.92 Å². The molecule has 1 amide bonds. The minimum Gasteiger partial charge on any atom is -0.335 e. The van der Waals surface area contributed by atoms with Gasteiger partial charge in [-0.2, -0.15) is 5.10 Å². The van der Waals surface area contributed by atoms with Gasteiger partial charge < -0.3 is 4.90 Å². The molecule has 0 bridgehead atoms. The molecular formula is C19H26N4O. The lowest BCUT2D eigenvalue weighted by Gasteiger charge is -2.27. The van der Waals surface area contributed by atoms with Gasteiger partial charge in [-0.3, -0.25) is 4.79 Å². The Bertz CT molecular complexity index is 745. The van der Waals surface area contributed by atoms with E-state index in [0.717, 1.165) is 30.4 Å². The van der Waals surface area contributed by atoms with E-state index in [1.54, 1.807) is 6.20 Å². The molecule has 1 saturated heterocycles. The van der Waals surface area contributed by atoms with Crippen LogP contribution in [0.3, 0.4) is 0 Å². The summed E-state index contributed by atoms with van der Waals surface area (Å²) in [5, 5.41) is 5.53. The zero-order valence-electron chi connectivity index (χ0n) is 14.6. The van der Waals surface area contributed by atoms with Crippen molar-refractivity contribution in [1.82, 2.24) is 19.7 Å². The maximum absolute atomic E-state index is 12.9. The average molecular weight is 326 g/mol. The quantitative estimate of drug-likeness (QED) is 0.862. The molecule has 0 radical (unpaired) electrons. The number of nitrogens with zero attached hydrogens (tertiary/aromatic N) is 4. The average Bonchev–Trinajstić information content (AvgIpc) is 3.31. The molecule has 0 N–H and O–H groups in total. The molecule has 1 aliphatic carbocycles. The highest BCUT2D eigenvalue weighted by atomic mass is 16.2. The van der Waals surface area contributed by atoms with Gasteiger partial charge in [0, 0.05) is 24.2 Å². The van der Waals surface area contributed by atoms with Crippen LogP contribution < -0.4 is 0 Å². The van der Waals surface area contributed by atoms with Gasteiger partial charge in [0.05, 0.1) is 17.8 Å². The van der Waals surface area contributed by atoms with E-state index >= 15 is 0 Å². The normalized spacial score (nSPS) is 22.1. The maximum atomic E-state index is 12.9. The fourth-order valence-electron chi connectivity index (χ4n) is 4.38. The molecule has 1 aliphatic heterocycles. The Morgan fingerprint density at radius 2 is 1.96 bits per heavy atom. The summed E-state index contributed by atoms with van der Waals surface area (Å²) in [5.74, 6) is 0.618. The van der Waals surface area contributed by atoms with Crippen molar-refractivity contribution in [3.8, 4) is 0 Å². The molecule has 128 valence electrons. The number of rotatable bonds is 3. The highest BCUT2D eigenvalue weighted by Gasteiger charge is 2.31. The Hall–Kier alpha value is -1.91. The lowest BCUT2D eigenvalue weighted by atomic mass is 10.0. The fourth-order valence-corrected chi connectivity index (χ4v) is 4.38. The Balaban J connectivity index is 1.62. The van der Waals surface area contributed by atoms with Crippen LogP contribution in [0.15, 0.2) is 18.5 Å². The van der Waals surface area contributed by atoms with Crippen molar-refractivity contribution in [2.45, 2.75) is 64.5 Å². The van der Waals surface area contributed by atoms with Crippen LogP contribution in [0.4, 0.5) is 0 Å². The van der Waals surface area contributed by atoms with E-state index in [9.17, 15) is 4.79 Å². The van der Waals surface area contributed by atoms with Gasteiger partial charge in [-0.1, -0.05) is 26.7 Å². The summed E-state index contributed by atoms with van der Waals surface area (Å²) < 4.78 is 2.06. The van der Waals surface area contributed by atoms with Gasteiger partial charge in [-0.15, -0.1) is 0 Å². The van der Waals surface area contributed by atoms with Crippen LogP contribution in [0.25, 0.3) is 11.0 Å². The molecule has 24 heavy (non-hydrogen) atoms. The smallest absolute Gasteiger partial charge is 0.255 e.